The maximum absolute atomic E-state index is 14.9. The minimum Gasteiger partial charge on any atom is -0.384 e. The molecule has 2 aromatic carbocycles. The number of hydrogen-bond acceptors (Lipinski definition) is 5. The fourth-order valence-corrected chi connectivity index (χ4v) is 6.52. The Balaban J connectivity index is 1.26. The molecule has 0 saturated carbocycles. The number of benzene rings is 2. The summed E-state index contributed by atoms with van der Waals surface area (Å²) < 4.78 is 35.0. The summed E-state index contributed by atoms with van der Waals surface area (Å²) in [5.41, 5.74) is 6.89. The lowest BCUT2D eigenvalue weighted by Crippen LogP contribution is -2.49. The first-order valence-electron chi connectivity index (χ1n) is 13.5. The predicted molar refractivity (Wildman–Crippen MR) is 154 cm³/mol. The first-order chi connectivity index (χ1) is 20.0. The molecule has 3 aromatic rings. The van der Waals surface area contributed by atoms with Crippen LogP contribution in [0.15, 0.2) is 53.9 Å². The summed E-state index contributed by atoms with van der Waals surface area (Å²) in [7, 11) is 1.56. The van der Waals surface area contributed by atoms with Crippen LogP contribution in [0.3, 0.4) is 0 Å². The number of methoxy groups -OCH3 is 1. The molecule has 1 saturated heterocycles. The van der Waals surface area contributed by atoms with E-state index in [1.165, 1.54) is 40.5 Å². The van der Waals surface area contributed by atoms with Crippen LogP contribution in [0.1, 0.15) is 51.3 Å². The summed E-state index contributed by atoms with van der Waals surface area (Å²) in [6.07, 6.45) is 0.406. The van der Waals surface area contributed by atoms with Crippen LogP contribution in [-0.2, 0) is 20.2 Å². The van der Waals surface area contributed by atoms with Crippen molar-refractivity contribution in [1.82, 2.24) is 15.5 Å². The Morgan fingerprint density at radius 3 is 2.60 bits per heavy atom. The van der Waals surface area contributed by atoms with Gasteiger partial charge in [0.25, 0.3) is 17.7 Å². The van der Waals surface area contributed by atoms with Crippen LogP contribution in [-0.4, -0.2) is 61.3 Å². The van der Waals surface area contributed by atoms with Crippen molar-refractivity contribution in [2.24, 2.45) is 11.7 Å². The number of alkyl halides is 2. The quantitative estimate of drug-likeness (QED) is 0.220. The van der Waals surface area contributed by atoms with Crippen molar-refractivity contribution in [1.29, 1.82) is 0 Å². The number of thiophene rings is 1. The van der Waals surface area contributed by atoms with Crippen molar-refractivity contribution in [2.45, 2.75) is 31.4 Å². The number of nitrogens with two attached hydrogens (primary N) is 2. The zero-order valence-corrected chi connectivity index (χ0v) is 24.0. The van der Waals surface area contributed by atoms with E-state index in [0.29, 0.717) is 30.7 Å². The lowest BCUT2D eigenvalue weighted by molar-refractivity contribution is -0.138. The number of carbonyl (C=O) groups excluding carboxylic acids is 3. The number of amidine groups is 1. The fraction of sp³-hybridized carbons (Fsp3) is 0.333. The van der Waals surface area contributed by atoms with Gasteiger partial charge in [-0.15, -0.1) is 11.3 Å². The van der Waals surface area contributed by atoms with Gasteiger partial charge in [-0.05, 0) is 42.7 Å². The zero-order chi connectivity index (χ0) is 30.2. The second-order valence-electron chi connectivity index (χ2n) is 10.6. The van der Waals surface area contributed by atoms with Gasteiger partial charge in [0.2, 0.25) is 11.8 Å². The van der Waals surface area contributed by atoms with Crippen molar-refractivity contribution < 1.29 is 33.3 Å². The third-order valence-corrected chi connectivity index (χ3v) is 8.84. The van der Waals surface area contributed by atoms with Gasteiger partial charge in [0, 0.05) is 46.5 Å². The number of nitrogens with one attached hydrogen (secondary N) is 2. The van der Waals surface area contributed by atoms with Crippen molar-refractivity contribution >= 4 is 34.9 Å². The minimum absolute atomic E-state index is 0.0564. The SMILES string of the molecule is COC[C@@H]1C[C@@H](C(=O)N[C@H](C)c2cc(C(N)=[NH2+])cs2)N(C(=O)CNC(=O)c2ccc3c(c2)-c2ccccc2C3(F)F)C1. The van der Waals surface area contributed by atoms with Crippen molar-refractivity contribution in [3.63, 3.8) is 0 Å². The van der Waals surface area contributed by atoms with Crippen LogP contribution in [0.5, 0.6) is 0 Å². The molecule has 6 N–H and O–H groups in total. The van der Waals surface area contributed by atoms with Crippen molar-refractivity contribution in [3.05, 3.63) is 81.0 Å². The van der Waals surface area contributed by atoms with E-state index < -0.39 is 23.8 Å². The van der Waals surface area contributed by atoms with E-state index in [4.69, 9.17) is 15.9 Å². The molecule has 3 amide bonds. The smallest absolute Gasteiger partial charge is 0.299 e. The summed E-state index contributed by atoms with van der Waals surface area (Å²) in [6, 6.07) is 10.9. The molecule has 3 atom stereocenters. The lowest BCUT2D eigenvalue weighted by atomic mass is 10.0. The van der Waals surface area contributed by atoms with Crippen LogP contribution in [0.25, 0.3) is 11.1 Å². The number of nitrogens with zero attached hydrogens (tertiary/aromatic N) is 1. The molecule has 0 spiro atoms. The first-order valence-corrected chi connectivity index (χ1v) is 14.3. The summed E-state index contributed by atoms with van der Waals surface area (Å²) in [5.74, 6) is -4.35. The number of rotatable bonds is 9. The Morgan fingerprint density at radius 1 is 1.14 bits per heavy atom. The van der Waals surface area contributed by atoms with Gasteiger partial charge in [-0.25, -0.2) is 0 Å². The van der Waals surface area contributed by atoms with E-state index in [0.717, 1.165) is 4.88 Å². The van der Waals surface area contributed by atoms with Gasteiger partial charge >= 0.3 is 0 Å². The summed E-state index contributed by atoms with van der Waals surface area (Å²) in [4.78, 5) is 41.9. The number of ether oxygens (including phenoxy) is 1. The average molecular weight is 597 g/mol. The Labute approximate surface area is 245 Å². The molecule has 5 rings (SSSR count). The van der Waals surface area contributed by atoms with Gasteiger partial charge in [0.05, 0.1) is 24.8 Å². The van der Waals surface area contributed by atoms with E-state index in [2.05, 4.69) is 10.6 Å². The Bertz CT molecular complexity index is 1560. The maximum atomic E-state index is 14.9. The van der Waals surface area contributed by atoms with E-state index >= 15 is 0 Å². The highest BCUT2D eigenvalue weighted by Gasteiger charge is 2.44. The largest absolute Gasteiger partial charge is 0.384 e. The number of fused-ring (bicyclic) bond motifs is 3. The molecule has 220 valence electrons. The molecule has 0 bridgehead atoms. The average Bonchev–Trinajstić information content (AvgIpc) is 3.68. The van der Waals surface area contributed by atoms with Crippen molar-refractivity contribution in [2.75, 3.05) is 26.8 Å². The maximum Gasteiger partial charge on any atom is 0.299 e. The van der Waals surface area contributed by atoms with Gasteiger partial charge in [0.15, 0.2) is 0 Å². The van der Waals surface area contributed by atoms with Gasteiger partial charge in [-0.3, -0.25) is 25.5 Å². The highest BCUT2D eigenvalue weighted by molar-refractivity contribution is 7.10. The molecule has 2 heterocycles. The molecule has 1 fully saturated rings. The number of halogens is 2. The zero-order valence-electron chi connectivity index (χ0n) is 23.2. The van der Waals surface area contributed by atoms with E-state index in [9.17, 15) is 23.2 Å². The molecule has 1 aliphatic heterocycles. The molecule has 0 radical (unpaired) electrons. The van der Waals surface area contributed by atoms with E-state index in [-0.39, 0.29) is 52.5 Å². The van der Waals surface area contributed by atoms with Crippen LogP contribution in [0, 0.1) is 5.92 Å². The molecule has 1 aromatic heterocycles. The third kappa shape index (κ3) is 5.51. The van der Waals surface area contributed by atoms with Crippen LogP contribution < -0.4 is 21.8 Å². The number of hydrogen-bond donors (Lipinski definition) is 4. The topological polar surface area (TPSA) is 139 Å². The molecule has 9 nitrogen and oxygen atoms in total. The molecular formula is C30H32F2N5O4S+. The van der Waals surface area contributed by atoms with Crippen LogP contribution >= 0.6 is 11.3 Å². The second-order valence-corrected chi connectivity index (χ2v) is 11.5. The van der Waals surface area contributed by atoms with Crippen LogP contribution in [0.2, 0.25) is 0 Å². The summed E-state index contributed by atoms with van der Waals surface area (Å²) in [5, 5.41) is 13.0. The lowest BCUT2D eigenvalue weighted by Gasteiger charge is -2.25. The van der Waals surface area contributed by atoms with Gasteiger partial charge in [-0.2, -0.15) is 8.78 Å². The molecule has 1 aliphatic carbocycles. The van der Waals surface area contributed by atoms with E-state index in [1.54, 1.807) is 30.7 Å². The minimum atomic E-state index is -3.15. The first kappa shape index (κ1) is 29.3. The number of likely N-dealkylation sites (tertiary alicyclic amines) is 1. The standard InChI is InChI=1S/C30H31F2N5O4S/c1-16(25-11-19(15-42-25)27(33)34)36-29(40)24-9-17(14-41-2)13-37(24)26(38)12-35-28(39)18-7-8-23-21(10-18)20-5-3-4-6-22(20)30(23,31)32/h3-8,10-11,15-17,24H,9,12-14H2,1-2H3,(H3,33,34)(H,35,39)(H,36,40)/p+1/t16-,17-,24+/m1/s1. The third-order valence-electron chi connectivity index (χ3n) is 7.73. The number of amides is 3. The normalized spacial score (nSPS) is 19.1. The molecule has 12 heteroatoms. The van der Waals surface area contributed by atoms with Crippen LogP contribution in [0.4, 0.5) is 8.78 Å². The number of carbonyl (C=O) groups is 3. The Morgan fingerprint density at radius 2 is 1.88 bits per heavy atom. The highest BCUT2D eigenvalue weighted by atomic mass is 32.1. The van der Waals surface area contributed by atoms with Gasteiger partial charge in [-0.1, -0.05) is 30.3 Å². The van der Waals surface area contributed by atoms with Crippen molar-refractivity contribution in [3.8, 4) is 11.1 Å². The summed E-state index contributed by atoms with van der Waals surface area (Å²) in [6.45, 7) is 2.14. The molecule has 42 heavy (non-hydrogen) atoms. The fourth-order valence-electron chi connectivity index (χ4n) is 5.59. The Kier molecular flexibility index (Phi) is 8.11. The highest BCUT2D eigenvalue weighted by Crippen LogP contribution is 2.50. The van der Waals surface area contributed by atoms with Gasteiger partial charge in [0.1, 0.15) is 6.04 Å². The predicted octanol–water partition coefficient (Wildman–Crippen LogP) is 1.80. The Hall–Kier alpha value is -4.16. The summed E-state index contributed by atoms with van der Waals surface area (Å²) >= 11 is 1.41. The molecule has 0 unspecified atom stereocenters. The molecular weight excluding hydrogens is 564 g/mol. The molecule has 2 aliphatic rings. The van der Waals surface area contributed by atoms with Gasteiger partial charge < -0.3 is 20.3 Å². The van der Waals surface area contributed by atoms with E-state index in [1.807, 2.05) is 13.0 Å². The monoisotopic (exact) mass is 596 g/mol. The second kappa shape index (κ2) is 11.6.